The average Bonchev–Trinajstić information content (AvgIpc) is 2.98. The van der Waals surface area contributed by atoms with Crippen molar-refractivity contribution < 1.29 is 4.79 Å². The summed E-state index contributed by atoms with van der Waals surface area (Å²) in [5.41, 5.74) is 1.69. The fraction of sp³-hybridized carbons (Fsp3) is 0.154. The minimum absolute atomic E-state index is 0.0954. The highest BCUT2D eigenvalue weighted by molar-refractivity contribution is 6.05. The molecule has 0 atom stereocenters. The van der Waals surface area contributed by atoms with E-state index in [2.05, 4.69) is 4.98 Å². The van der Waals surface area contributed by atoms with Gasteiger partial charge < -0.3 is 9.88 Å². The van der Waals surface area contributed by atoms with E-state index in [4.69, 9.17) is 0 Å². The van der Waals surface area contributed by atoms with Crippen molar-refractivity contribution in [3.8, 4) is 0 Å². The molecule has 0 unspecified atom stereocenters. The number of rotatable bonds is 1. The van der Waals surface area contributed by atoms with E-state index >= 15 is 0 Å². The van der Waals surface area contributed by atoms with E-state index in [1.165, 1.54) is 0 Å². The Morgan fingerprint density at radius 2 is 2.00 bits per heavy atom. The number of hydrogen-bond acceptors (Lipinski definition) is 1. The fourth-order valence-corrected chi connectivity index (χ4v) is 2.08. The van der Waals surface area contributed by atoms with Crippen molar-refractivity contribution in [1.82, 2.24) is 9.88 Å². The summed E-state index contributed by atoms with van der Waals surface area (Å²) in [6.07, 6.45) is 5.91. The van der Waals surface area contributed by atoms with Crippen molar-refractivity contribution >= 4 is 16.8 Å². The predicted octanol–water partition coefficient (Wildman–Crippen LogP) is 2.18. The zero-order valence-electron chi connectivity index (χ0n) is 8.81. The van der Waals surface area contributed by atoms with E-state index in [0.29, 0.717) is 0 Å². The number of aromatic amines is 1. The quantitative estimate of drug-likeness (QED) is 0.722. The summed E-state index contributed by atoms with van der Waals surface area (Å²) in [6, 6.07) is 7.78. The first kappa shape index (κ1) is 9.21. The van der Waals surface area contributed by atoms with Crippen LogP contribution in [0.3, 0.4) is 0 Å². The largest absolute Gasteiger partial charge is 0.361 e. The second kappa shape index (κ2) is 3.52. The molecule has 1 aromatic heterocycles. The summed E-state index contributed by atoms with van der Waals surface area (Å²) in [5, 5.41) is 1.08. The SMILES string of the molecule is O=C(c1cccc2cc[nH]c12)N1CC=CC1. The van der Waals surface area contributed by atoms with Crippen molar-refractivity contribution in [2.45, 2.75) is 0 Å². The molecular weight excluding hydrogens is 200 g/mol. The predicted molar refractivity (Wildman–Crippen MR) is 63.3 cm³/mol. The zero-order valence-corrected chi connectivity index (χ0v) is 8.81. The molecule has 0 aliphatic carbocycles. The molecule has 1 aliphatic rings. The molecule has 16 heavy (non-hydrogen) atoms. The molecule has 3 heteroatoms. The molecular formula is C13H12N2O. The molecule has 0 spiro atoms. The molecule has 80 valence electrons. The van der Waals surface area contributed by atoms with Crippen LogP contribution in [0.4, 0.5) is 0 Å². The monoisotopic (exact) mass is 212 g/mol. The van der Waals surface area contributed by atoms with Gasteiger partial charge >= 0.3 is 0 Å². The Morgan fingerprint density at radius 3 is 2.81 bits per heavy atom. The van der Waals surface area contributed by atoms with Gasteiger partial charge in [-0.2, -0.15) is 0 Å². The van der Waals surface area contributed by atoms with Gasteiger partial charge in [-0.15, -0.1) is 0 Å². The van der Waals surface area contributed by atoms with E-state index in [1.807, 2.05) is 47.5 Å². The maximum Gasteiger partial charge on any atom is 0.256 e. The Balaban J connectivity index is 2.04. The Kier molecular flexibility index (Phi) is 2.03. The van der Waals surface area contributed by atoms with E-state index in [0.717, 1.165) is 29.6 Å². The number of benzene rings is 1. The molecule has 1 aromatic carbocycles. The summed E-state index contributed by atoms with van der Waals surface area (Å²) in [4.78, 5) is 17.2. The number of para-hydroxylation sites is 1. The number of H-pyrrole nitrogens is 1. The first-order chi connectivity index (χ1) is 7.86. The van der Waals surface area contributed by atoms with Crippen LogP contribution in [0.2, 0.25) is 0 Å². The van der Waals surface area contributed by atoms with E-state index < -0.39 is 0 Å². The maximum atomic E-state index is 12.2. The smallest absolute Gasteiger partial charge is 0.256 e. The lowest BCUT2D eigenvalue weighted by Crippen LogP contribution is -2.28. The fourth-order valence-electron chi connectivity index (χ4n) is 2.08. The van der Waals surface area contributed by atoms with Gasteiger partial charge in [0.05, 0.1) is 11.1 Å². The standard InChI is InChI=1S/C13H12N2O/c16-13(15-8-1-2-9-15)11-5-3-4-10-6-7-14-12(10)11/h1-7,14H,8-9H2. The van der Waals surface area contributed by atoms with Crippen molar-refractivity contribution in [3.05, 3.63) is 48.2 Å². The summed E-state index contributed by atoms with van der Waals surface area (Å²) in [6.45, 7) is 1.44. The van der Waals surface area contributed by atoms with E-state index in [9.17, 15) is 4.79 Å². The van der Waals surface area contributed by atoms with Crippen LogP contribution in [0.1, 0.15) is 10.4 Å². The van der Waals surface area contributed by atoms with Crippen LogP contribution in [-0.2, 0) is 0 Å². The Labute approximate surface area is 93.4 Å². The second-order valence-electron chi connectivity index (χ2n) is 3.93. The van der Waals surface area contributed by atoms with Gasteiger partial charge in [-0.3, -0.25) is 4.79 Å². The van der Waals surface area contributed by atoms with E-state index in [1.54, 1.807) is 0 Å². The number of hydrogen-bond donors (Lipinski definition) is 1. The first-order valence-electron chi connectivity index (χ1n) is 5.36. The Bertz CT molecular complexity index is 560. The van der Waals surface area contributed by atoms with Crippen LogP contribution < -0.4 is 0 Å². The number of carbonyl (C=O) groups is 1. The molecule has 0 fully saturated rings. The number of amides is 1. The summed E-state index contributed by atoms with van der Waals surface area (Å²) in [7, 11) is 0. The minimum Gasteiger partial charge on any atom is -0.361 e. The van der Waals surface area contributed by atoms with Crippen molar-refractivity contribution in [1.29, 1.82) is 0 Å². The minimum atomic E-state index is 0.0954. The Hall–Kier alpha value is -2.03. The summed E-state index contributed by atoms with van der Waals surface area (Å²) < 4.78 is 0. The Morgan fingerprint density at radius 1 is 1.19 bits per heavy atom. The molecule has 3 rings (SSSR count). The molecule has 2 heterocycles. The number of nitrogens with zero attached hydrogens (tertiary/aromatic N) is 1. The number of nitrogens with one attached hydrogen (secondary N) is 1. The van der Waals surface area contributed by atoms with Crippen molar-refractivity contribution in [2.24, 2.45) is 0 Å². The average molecular weight is 212 g/mol. The number of fused-ring (bicyclic) bond motifs is 1. The second-order valence-corrected chi connectivity index (χ2v) is 3.93. The molecule has 0 saturated heterocycles. The van der Waals surface area contributed by atoms with Gasteiger partial charge in [0.1, 0.15) is 0 Å². The van der Waals surface area contributed by atoms with Crippen LogP contribution in [0.15, 0.2) is 42.6 Å². The van der Waals surface area contributed by atoms with Crippen LogP contribution in [0.5, 0.6) is 0 Å². The lowest BCUT2D eigenvalue weighted by Gasteiger charge is -2.15. The molecule has 1 N–H and O–H groups in total. The van der Waals surface area contributed by atoms with Crippen molar-refractivity contribution in [2.75, 3.05) is 13.1 Å². The molecule has 1 amide bonds. The van der Waals surface area contributed by atoms with Gasteiger partial charge in [0.25, 0.3) is 5.91 Å². The van der Waals surface area contributed by atoms with Crippen LogP contribution in [0, 0.1) is 0 Å². The highest BCUT2D eigenvalue weighted by atomic mass is 16.2. The normalized spacial score (nSPS) is 14.9. The van der Waals surface area contributed by atoms with Gasteiger partial charge in [0, 0.05) is 24.7 Å². The van der Waals surface area contributed by atoms with Gasteiger partial charge in [-0.25, -0.2) is 0 Å². The topological polar surface area (TPSA) is 36.1 Å². The third kappa shape index (κ3) is 1.33. The first-order valence-corrected chi connectivity index (χ1v) is 5.36. The van der Waals surface area contributed by atoms with Gasteiger partial charge in [0.2, 0.25) is 0 Å². The molecule has 2 aromatic rings. The third-order valence-electron chi connectivity index (χ3n) is 2.92. The maximum absolute atomic E-state index is 12.2. The summed E-state index contributed by atoms with van der Waals surface area (Å²) >= 11 is 0. The lowest BCUT2D eigenvalue weighted by molar-refractivity contribution is 0.0802. The van der Waals surface area contributed by atoms with Crippen LogP contribution in [0.25, 0.3) is 10.9 Å². The van der Waals surface area contributed by atoms with Gasteiger partial charge in [0.15, 0.2) is 0 Å². The lowest BCUT2D eigenvalue weighted by atomic mass is 10.1. The van der Waals surface area contributed by atoms with Crippen molar-refractivity contribution in [3.63, 3.8) is 0 Å². The molecule has 3 nitrogen and oxygen atoms in total. The highest BCUT2D eigenvalue weighted by Gasteiger charge is 2.18. The highest BCUT2D eigenvalue weighted by Crippen LogP contribution is 2.19. The molecule has 0 bridgehead atoms. The molecule has 0 saturated carbocycles. The van der Waals surface area contributed by atoms with Gasteiger partial charge in [-0.1, -0.05) is 24.3 Å². The van der Waals surface area contributed by atoms with Crippen LogP contribution >= 0.6 is 0 Å². The summed E-state index contributed by atoms with van der Waals surface area (Å²) in [5.74, 6) is 0.0954. The van der Waals surface area contributed by atoms with Crippen LogP contribution in [-0.4, -0.2) is 28.9 Å². The molecule has 1 aliphatic heterocycles. The van der Waals surface area contributed by atoms with E-state index in [-0.39, 0.29) is 5.91 Å². The molecule has 0 radical (unpaired) electrons. The number of carbonyl (C=O) groups excluding carboxylic acids is 1. The van der Waals surface area contributed by atoms with Gasteiger partial charge in [-0.05, 0) is 12.1 Å². The number of aromatic nitrogens is 1. The zero-order chi connectivity index (χ0) is 11.0. The third-order valence-corrected chi connectivity index (χ3v) is 2.92.